The summed E-state index contributed by atoms with van der Waals surface area (Å²) in [6, 6.07) is 0.172. The number of nitrogens with one attached hydrogen (secondary N) is 1. The van der Waals surface area contributed by atoms with Gasteiger partial charge < -0.3 is 10.4 Å². The molecular formula is C9H17NO2. The highest BCUT2D eigenvalue weighted by atomic mass is 16.4. The fourth-order valence-corrected chi connectivity index (χ4v) is 2.00. The molecule has 1 aliphatic carbocycles. The Morgan fingerprint density at radius 1 is 1.58 bits per heavy atom. The van der Waals surface area contributed by atoms with Gasteiger partial charge in [-0.3, -0.25) is 0 Å². The quantitative estimate of drug-likeness (QED) is 0.635. The predicted octanol–water partition coefficient (Wildman–Crippen LogP) is 2.22. The number of carboxylic acid groups (broad SMARTS) is 1. The van der Waals surface area contributed by atoms with E-state index in [2.05, 4.69) is 19.2 Å². The molecule has 1 unspecified atom stereocenters. The smallest absolute Gasteiger partial charge is 0.404 e. The molecule has 0 aromatic rings. The average molecular weight is 171 g/mol. The first-order valence-corrected chi connectivity index (χ1v) is 4.49. The maximum Gasteiger partial charge on any atom is 0.404 e. The SMILES string of the molecule is CC1(C)CCCC(NC(=O)O)C1. The van der Waals surface area contributed by atoms with Gasteiger partial charge in [-0.1, -0.05) is 20.3 Å². The maximum atomic E-state index is 10.4. The van der Waals surface area contributed by atoms with Gasteiger partial charge in [-0.25, -0.2) is 4.79 Å². The molecule has 0 saturated heterocycles. The van der Waals surface area contributed by atoms with Gasteiger partial charge in [0.2, 0.25) is 0 Å². The molecular weight excluding hydrogens is 154 g/mol. The van der Waals surface area contributed by atoms with Gasteiger partial charge in [0.1, 0.15) is 0 Å². The van der Waals surface area contributed by atoms with Crippen molar-refractivity contribution < 1.29 is 9.90 Å². The summed E-state index contributed by atoms with van der Waals surface area (Å²) in [6.07, 6.45) is 3.43. The lowest BCUT2D eigenvalue weighted by molar-refractivity contribution is 0.165. The average Bonchev–Trinajstić information content (AvgIpc) is 1.82. The minimum atomic E-state index is -0.891. The zero-order valence-electron chi connectivity index (χ0n) is 7.76. The van der Waals surface area contributed by atoms with Gasteiger partial charge in [-0.2, -0.15) is 0 Å². The highest BCUT2D eigenvalue weighted by Gasteiger charge is 2.28. The van der Waals surface area contributed by atoms with Gasteiger partial charge in [0, 0.05) is 6.04 Å². The predicted molar refractivity (Wildman–Crippen MR) is 47.2 cm³/mol. The van der Waals surface area contributed by atoms with Crippen molar-refractivity contribution in [3.8, 4) is 0 Å². The Morgan fingerprint density at radius 2 is 2.25 bits per heavy atom. The summed E-state index contributed by atoms with van der Waals surface area (Å²) >= 11 is 0. The lowest BCUT2D eigenvalue weighted by Crippen LogP contribution is -2.39. The molecule has 1 fully saturated rings. The molecule has 0 aliphatic heterocycles. The first-order chi connectivity index (χ1) is 5.49. The first-order valence-electron chi connectivity index (χ1n) is 4.49. The van der Waals surface area contributed by atoms with E-state index in [0.29, 0.717) is 5.41 Å². The summed E-state index contributed by atoms with van der Waals surface area (Å²) in [4.78, 5) is 10.4. The Kier molecular flexibility index (Phi) is 2.60. The van der Waals surface area contributed by atoms with Crippen LogP contribution in [0.5, 0.6) is 0 Å². The van der Waals surface area contributed by atoms with E-state index in [9.17, 15) is 4.79 Å². The first kappa shape index (κ1) is 9.36. The number of carbonyl (C=O) groups is 1. The summed E-state index contributed by atoms with van der Waals surface area (Å²) in [5, 5.41) is 11.1. The van der Waals surface area contributed by atoms with Crippen LogP contribution in [-0.2, 0) is 0 Å². The van der Waals surface area contributed by atoms with Crippen LogP contribution in [0, 0.1) is 5.41 Å². The van der Waals surface area contributed by atoms with Crippen LogP contribution in [0.2, 0.25) is 0 Å². The molecule has 0 radical (unpaired) electrons. The fraction of sp³-hybridized carbons (Fsp3) is 0.889. The lowest BCUT2D eigenvalue weighted by Gasteiger charge is -2.34. The minimum Gasteiger partial charge on any atom is -0.465 e. The van der Waals surface area contributed by atoms with Crippen molar-refractivity contribution in [3.05, 3.63) is 0 Å². The van der Waals surface area contributed by atoms with Gasteiger partial charge in [0.05, 0.1) is 0 Å². The van der Waals surface area contributed by atoms with Crippen LogP contribution in [-0.4, -0.2) is 17.2 Å². The molecule has 2 N–H and O–H groups in total. The lowest BCUT2D eigenvalue weighted by atomic mass is 9.75. The van der Waals surface area contributed by atoms with Crippen molar-refractivity contribution in [3.63, 3.8) is 0 Å². The Hall–Kier alpha value is -0.730. The summed E-state index contributed by atoms with van der Waals surface area (Å²) in [5.74, 6) is 0. The standard InChI is InChI=1S/C9H17NO2/c1-9(2)5-3-4-7(6-9)10-8(11)12/h7,10H,3-6H2,1-2H3,(H,11,12). The van der Waals surface area contributed by atoms with Gasteiger partial charge >= 0.3 is 6.09 Å². The molecule has 1 atom stereocenters. The number of hydrogen-bond acceptors (Lipinski definition) is 1. The normalized spacial score (nSPS) is 28.0. The van der Waals surface area contributed by atoms with Crippen LogP contribution in [0.25, 0.3) is 0 Å². The van der Waals surface area contributed by atoms with Crippen molar-refractivity contribution in [1.29, 1.82) is 0 Å². The van der Waals surface area contributed by atoms with Gasteiger partial charge in [-0.05, 0) is 24.7 Å². The van der Waals surface area contributed by atoms with E-state index in [-0.39, 0.29) is 6.04 Å². The van der Waals surface area contributed by atoms with E-state index in [0.717, 1.165) is 19.3 Å². The highest BCUT2D eigenvalue weighted by Crippen LogP contribution is 2.34. The summed E-state index contributed by atoms with van der Waals surface area (Å²) in [5.41, 5.74) is 0.311. The zero-order valence-corrected chi connectivity index (χ0v) is 7.76. The molecule has 0 aromatic carbocycles. The van der Waals surface area contributed by atoms with Crippen molar-refractivity contribution in [1.82, 2.24) is 5.32 Å². The van der Waals surface area contributed by atoms with E-state index in [4.69, 9.17) is 5.11 Å². The number of hydrogen-bond donors (Lipinski definition) is 2. The van der Waals surface area contributed by atoms with Gasteiger partial charge in [-0.15, -0.1) is 0 Å². The second-order valence-electron chi connectivity index (χ2n) is 4.41. The third-order valence-electron chi connectivity index (χ3n) is 2.53. The molecule has 1 rings (SSSR count). The van der Waals surface area contributed by atoms with E-state index in [1.165, 1.54) is 6.42 Å². The summed E-state index contributed by atoms with van der Waals surface area (Å²) < 4.78 is 0. The van der Waals surface area contributed by atoms with Crippen molar-refractivity contribution >= 4 is 6.09 Å². The van der Waals surface area contributed by atoms with Gasteiger partial charge in [0.25, 0.3) is 0 Å². The molecule has 1 saturated carbocycles. The fourth-order valence-electron chi connectivity index (χ4n) is 2.00. The van der Waals surface area contributed by atoms with Crippen LogP contribution in [0.15, 0.2) is 0 Å². The molecule has 3 nitrogen and oxygen atoms in total. The zero-order chi connectivity index (χ0) is 9.19. The third kappa shape index (κ3) is 2.72. The van der Waals surface area contributed by atoms with Gasteiger partial charge in [0.15, 0.2) is 0 Å². The van der Waals surface area contributed by atoms with E-state index >= 15 is 0 Å². The molecule has 70 valence electrons. The molecule has 0 spiro atoms. The molecule has 0 aromatic heterocycles. The summed E-state index contributed by atoms with van der Waals surface area (Å²) in [6.45, 7) is 4.39. The molecule has 0 heterocycles. The topological polar surface area (TPSA) is 49.3 Å². The summed E-state index contributed by atoms with van der Waals surface area (Å²) in [7, 11) is 0. The second-order valence-corrected chi connectivity index (χ2v) is 4.41. The Labute approximate surface area is 73.2 Å². The van der Waals surface area contributed by atoms with E-state index in [1.54, 1.807) is 0 Å². The van der Waals surface area contributed by atoms with Crippen LogP contribution in [0.3, 0.4) is 0 Å². The second kappa shape index (κ2) is 3.33. The Morgan fingerprint density at radius 3 is 2.75 bits per heavy atom. The number of amides is 1. The van der Waals surface area contributed by atoms with E-state index < -0.39 is 6.09 Å². The molecule has 0 bridgehead atoms. The Bertz CT molecular complexity index is 177. The van der Waals surface area contributed by atoms with Crippen LogP contribution in [0.4, 0.5) is 4.79 Å². The molecule has 1 aliphatic rings. The highest BCUT2D eigenvalue weighted by molar-refractivity contribution is 5.64. The maximum absolute atomic E-state index is 10.4. The van der Waals surface area contributed by atoms with E-state index in [1.807, 2.05) is 0 Å². The monoisotopic (exact) mass is 171 g/mol. The van der Waals surface area contributed by atoms with Crippen molar-refractivity contribution in [2.75, 3.05) is 0 Å². The largest absolute Gasteiger partial charge is 0.465 e. The Balaban J connectivity index is 2.41. The minimum absolute atomic E-state index is 0.172. The van der Waals surface area contributed by atoms with Crippen molar-refractivity contribution in [2.24, 2.45) is 5.41 Å². The van der Waals surface area contributed by atoms with Crippen LogP contribution in [0.1, 0.15) is 39.5 Å². The number of rotatable bonds is 1. The molecule has 1 amide bonds. The molecule has 3 heteroatoms. The van der Waals surface area contributed by atoms with Crippen LogP contribution >= 0.6 is 0 Å². The van der Waals surface area contributed by atoms with Crippen molar-refractivity contribution in [2.45, 2.75) is 45.6 Å². The molecule has 12 heavy (non-hydrogen) atoms. The van der Waals surface area contributed by atoms with Crippen LogP contribution < -0.4 is 5.32 Å². The third-order valence-corrected chi connectivity index (χ3v) is 2.53.